The van der Waals surface area contributed by atoms with Crippen molar-refractivity contribution in [1.82, 2.24) is 0 Å². The Morgan fingerprint density at radius 3 is 2.11 bits per heavy atom. The molecule has 0 aromatic heterocycles. The van der Waals surface area contributed by atoms with Crippen molar-refractivity contribution in [2.24, 2.45) is 0 Å². The third-order valence-electron chi connectivity index (χ3n) is 2.45. The van der Waals surface area contributed by atoms with Gasteiger partial charge in [0.05, 0.1) is 5.56 Å². The van der Waals surface area contributed by atoms with Crippen molar-refractivity contribution in [1.29, 1.82) is 0 Å². The second kappa shape index (κ2) is 4.82. The third kappa shape index (κ3) is 2.62. The summed E-state index contributed by atoms with van der Waals surface area (Å²) < 4.78 is 38.6. The van der Waals surface area contributed by atoms with Crippen molar-refractivity contribution in [2.75, 3.05) is 0 Å². The molecule has 0 bridgehead atoms. The topological polar surface area (TPSA) is 0 Å². The second-order valence-corrected chi connectivity index (χ2v) is 4.51. The molecule has 0 spiro atoms. The standard InChI is InChI=1S/C13H7Cl2F3/c14-8-5-6-10(12(15)7-8)9-3-1-2-4-11(9)13(16,17)18/h1-7H. The third-order valence-corrected chi connectivity index (χ3v) is 3.00. The van der Waals surface area contributed by atoms with Crippen molar-refractivity contribution in [2.45, 2.75) is 6.18 Å². The van der Waals surface area contributed by atoms with Crippen LogP contribution in [0.3, 0.4) is 0 Å². The summed E-state index contributed by atoms with van der Waals surface area (Å²) in [6.07, 6.45) is -4.42. The van der Waals surface area contributed by atoms with E-state index in [0.717, 1.165) is 6.07 Å². The van der Waals surface area contributed by atoms with Gasteiger partial charge in [0.15, 0.2) is 0 Å². The monoisotopic (exact) mass is 290 g/mol. The summed E-state index contributed by atoms with van der Waals surface area (Å²) in [6.45, 7) is 0. The van der Waals surface area contributed by atoms with E-state index in [2.05, 4.69) is 0 Å². The van der Waals surface area contributed by atoms with Crippen LogP contribution in [0.5, 0.6) is 0 Å². The van der Waals surface area contributed by atoms with Crippen molar-refractivity contribution in [3.63, 3.8) is 0 Å². The minimum Gasteiger partial charge on any atom is -0.166 e. The zero-order valence-corrected chi connectivity index (χ0v) is 10.4. The molecular weight excluding hydrogens is 284 g/mol. The first-order valence-electron chi connectivity index (χ1n) is 5.01. The van der Waals surface area contributed by atoms with Crippen molar-refractivity contribution in [3.8, 4) is 11.1 Å². The number of hydrogen-bond acceptors (Lipinski definition) is 0. The molecular formula is C13H7Cl2F3. The van der Waals surface area contributed by atoms with Crippen LogP contribution >= 0.6 is 23.2 Å². The molecule has 0 saturated heterocycles. The number of benzene rings is 2. The van der Waals surface area contributed by atoms with Gasteiger partial charge in [-0.05, 0) is 23.8 Å². The van der Waals surface area contributed by atoms with Crippen LogP contribution in [0.1, 0.15) is 5.56 Å². The molecule has 2 aromatic carbocycles. The van der Waals surface area contributed by atoms with Gasteiger partial charge in [-0.15, -0.1) is 0 Å². The van der Waals surface area contributed by atoms with E-state index in [1.165, 1.54) is 36.4 Å². The van der Waals surface area contributed by atoms with Gasteiger partial charge in [-0.2, -0.15) is 13.2 Å². The average Bonchev–Trinajstić information content (AvgIpc) is 2.28. The van der Waals surface area contributed by atoms with Crippen LogP contribution in [0.25, 0.3) is 11.1 Å². The van der Waals surface area contributed by atoms with E-state index in [1.807, 2.05) is 0 Å². The fourth-order valence-corrected chi connectivity index (χ4v) is 2.18. The summed E-state index contributed by atoms with van der Waals surface area (Å²) in [7, 11) is 0. The number of alkyl halides is 3. The lowest BCUT2D eigenvalue weighted by molar-refractivity contribution is -0.137. The zero-order valence-electron chi connectivity index (χ0n) is 8.93. The average molecular weight is 291 g/mol. The predicted molar refractivity (Wildman–Crippen MR) is 66.9 cm³/mol. The van der Waals surface area contributed by atoms with Gasteiger partial charge >= 0.3 is 6.18 Å². The Hall–Kier alpha value is -1.19. The molecule has 2 rings (SSSR count). The van der Waals surface area contributed by atoms with Gasteiger partial charge in [0.25, 0.3) is 0 Å². The summed E-state index contributed by atoms with van der Waals surface area (Å²) in [6, 6.07) is 9.71. The Bertz CT molecular complexity index is 577. The molecule has 0 nitrogen and oxygen atoms in total. The smallest absolute Gasteiger partial charge is 0.166 e. The maximum Gasteiger partial charge on any atom is 0.417 e. The number of rotatable bonds is 1. The first-order chi connectivity index (χ1) is 8.39. The van der Waals surface area contributed by atoms with Crippen LogP contribution in [0.2, 0.25) is 10.0 Å². The fraction of sp³-hybridized carbons (Fsp3) is 0.0769. The first-order valence-corrected chi connectivity index (χ1v) is 5.77. The van der Waals surface area contributed by atoms with Crippen LogP contribution in [-0.2, 0) is 6.18 Å². The van der Waals surface area contributed by atoms with Crippen LogP contribution in [0.15, 0.2) is 42.5 Å². The normalized spacial score (nSPS) is 11.6. The zero-order chi connectivity index (χ0) is 13.3. The molecule has 18 heavy (non-hydrogen) atoms. The molecule has 0 saturated carbocycles. The van der Waals surface area contributed by atoms with Gasteiger partial charge in [-0.3, -0.25) is 0 Å². The summed E-state index contributed by atoms with van der Waals surface area (Å²) in [5, 5.41) is 0.576. The Morgan fingerprint density at radius 2 is 1.50 bits per heavy atom. The minimum absolute atomic E-state index is 0.0478. The molecule has 0 heterocycles. The number of hydrogen-bond donors (Lipinski definition) is 0. The lowest BCUT2D eigenvalue weighted by Gasteiger charge is -2.13. The van der Waals surface area contributed by atoms with Gasteiger partial charge in [0.1, 0.15) is 0 Å². The molecule has 0 amide bonds. The fourth-order valence-electron chi connectivity index (χ4n) is 1.67. The summed E-state index contributed by atoms with van der Waals surface area (Å²) in [5.74, 6) is 0. The molecule has 0 aliphatic carbocycles. The Labute approximate surface area is 112 Å². The highest BCUT2D eigenvalue weighted by atomic mass is 35.5. The van der Waals surface area contributed by atoms with E-state index in [-0.39, 0.29) is 10.6 Å². The van der Waals surface area contributed by atoms with Crippen molar-refractivity contribution < 1.29 is 13.2 Å². The van der Waals surface area contributed by atoms with Crippen LogP contribution in [-0.4, -0.2) is 0 Å². The van der Waals surface area contributed by atoms with Crippen LogP contribution in [0.4, 0.5) is 13.2 Å². The lowest BCUT2D eigenvalue weighted by Crippen LogP contribution is -2.06. The Kier molecular flexibility index (Phi) is 3.55. The molecule has 0 atom stereocenters. The molecule has 0 aliphatic heterocycles. The van der Waals surface area contributed by atoms with Crippen LogP contribution in [0, 0.1) is 0 Å². The highest BCUT2D eigenvalue weighted by Gasteiger charge is 2.33. The van der Waals surface area contributed by atoms with E-state index in [1.54, 1.807) is 0 Å². The van der Waals surface area contributed by atoms with Gasteiger partial charge < -0.3 is 0 Å². The van der Waals surface area contributed by atoms with E-state index >= 15 is 0 Å². The minimum atomic E-state index is -4.42. The SMILES string of the molecule is FC(F)(F)c1ccccc1-c1ccc(Cl)cc1Cl. The van der Waals surface area contributed by atoms with Gasteiger partial charge in [-0.1, -0.05) is 47.5 Å². The molecule has 0 unspecified atom stereocenters. The van der Waals surface area contributed by atoms with Gasteiger partial charge in [0, 0.05) is 15.6 Å². The molecule has 0 aliphatic rings. The van der Waals surface area contributed by atoms with Gasteiger partial charge in [-0.25, -0.2) is 0 Å². The van der Waals surface area contributed by atoms with E-state index in [4.69, 9.17) is 23.2 Å². The molecule has 0 radical (unpaired) electrons. The predicted octanol–water partition coefficient (Wildman–Crippen LogP) is 5.68. The van der Waals surface area contributed by atoms with E-state index in [0.29, 0.717) is 10.6 Å². The first kappa shape index (κ1) is 13.2. The maximum absolute atomic E-state index is 12.9. The molecule has 2 aromatic rings. The summed E-state index contributed by atoms with van der Waals surface area (Å²) in [4.78, 5) is 0. The summed E-state index contributed by atoms with van der Waals surface area (Å²) >= 11 is 11.7. The highest BCUT2D eigenvalue weighted by Crippen LogP contribution is 2.39. The lowest BCUT2D eigenvalue weighted by atomic mass is 9.99. The molecule has 0 N–H and O–H groups in total. The van der Waals surface area contributed by atoms with Crippen molar-refractivity contribution >= 4 is 23.2 Å². The van der Waals surface area contributed by atoms with Crippen LogP contribution < -0.4 is 0 Å². The Morgan fingerprint density at radius 1 is 0.833 bits per heavy atom. The molecule has 5 heteroatoms. The number of halogens is 5. The Balaban J connectivity index is 2.64. The van der Waals surface area contributed by atoms with Gasteiger partial charge in [0.2, 0.25) is 0 Å². The maximum atomic E-state index is 12.9. The summed E-state index contributed by atoms with van der Waals surface area (Å²) in [5.41, 5.74) is -0.352. The van der Waals surface area contributed by atoms with Crippen molar-refractivity contribution in [3.05, 3.63) is 58.1 Å². The quantitative estimate of drug-likeness (QED) is 0.634. The van der Waals surface area contributed by atoms with E-state index in [9.17, 15) is 13.2 Å². The van der Waals surface area contributed by atoms with E-state index < -0.39 is 11.7 Å². The molecule has 0 fully saturated rings. The molecule has 94 valence electrons. The largest absolute Gasteiger partial charge is 0.417 e. The highest BCUT2D eigenvalue weighted by molar-refractivity contribution is 6.36. The second-order valence-electron chi connectivity index (χ2n) is 3.67.